The molecule has 0 fully saturated rings. The van der Waals surface area contributed by atoms with Crippen LogP contribution in [0, 0.1) is 0 Å². The lowest BCUT2D eigenvalue weighted by molar-refractivity contribution is 0.287. The molecule has 0 aliphatic carbocycles. The maximum Gasteiger partial charge on any atom is 0.171 e. The Kier molecular flexibility index (Phi) is 5.24. The zero-order valence-electron chi connectivity index (χ0n) is 14.2. The minimum Gasteiger partial charge on any atom is -0.490 e. The van der Waals surface area contributed by atoms with Crippen LogP contribution in [0.3, 0.4) is 0 Å². The highest BCUT2D eigenvalue weighted by atomic mass is 16.5. The molecule has 1 atom stereocenters. The molecule has 132 valence electrons. The predicted octanol–water partition coefficient (Wildman–Crippen LogP) is 1.29. The van der Waals surface area contributed by atoms with Crippen LogP contribution < -0.4 is 15.2 Å². The number of benzene rings is 1. The van der Waals surface area contributed by atoms with Gasteiger partial charge in [0.1, 0.15) is 25.0 Å². The van der Waals surface area contributed by atoms with Gasteiger partial charge in [0.2, 0.25) is 0 Å². The van der Waals surface area contributed by atoms with Crippen molar-refractivity contribution in [2.75, 3.05) is 13.2 Å². The van der Waals surface area contributed by atoms with Gasteiger partial charge in [-0.05, 0) is 31.5 Å². The summed E-state index contributed by atoms with van der Waals surface area (Å²) in [6.45, 7) is 5.42. The van der Waals surface area contributed by atoms with Crippen molar-refractivity contribution < 1.29 is 9.47 Å². The van der Waals surface area contributed by atoms with E-state index in [1.807, 2.05) is 32.0 Å². The van der Waals surface area contributed by atoms with Crippen LogP contribution in [-0.2, 0) is 6.54 Å². The van der Waals surface area contributed by atoms with Crippen LogP contribution >= 0.6 is 0 Å². The van der Waals surface area contributed by atoms with Gasteiger partial charge < -0.3 is 15.2 Å². The first-order valence-electron chi connectivity index (χ1n) is 8.10. The van der Waals surface area contributed by atoms with Gasteiger partial charge in [-0.15, -0.1) is 0 Å². The van der Waals surface area contributed by atoms with Crippen molar-refractivity contribution in [3.63, 3.8) is 0 Å². The zero-order chi connectivity index (χ0) is 17.6. The maximum absolute atomic E-state index is 6.32. The predicted molar refractivity (Wildman–Crippen MR) is 90.3 cm³/mol. The molecule has 9 nitrogen and oxygen atoms in total. The fraction of sp³-hybridized carbons (Fsp3) is 0.375. The highest BCUT2D eigenvalue weighted by molar-refractivity contribution is 5.44. The van der Waals surface area contributed by atoms with Gasteiger partial charge in [-0.25, -0.2) is 14.6 Å². The summed E-state index contributed by atoms with van der Waals surface area (Å²) in [5, 5.41) is 11.1. The minimum absolute atomic E-state index is 0.452. The Bertz CT molecular complexity index is 801. The monoisotopic (exact) mass is 343 g/mol. The second kappa shape index (κ2) is 7.75. The highest BCUT2D eigenvalue weighted by Crippen LogP contribution is 2.31. The van der Waals surface area contributed by atoms with Crippen LogP contribution in [0.2, 0.25) is 0 Å². The van der Waals surface area contributed by atoms with E-state index in [1.54, 1.807) is 11.0 Å². The molecule has 25 heavy (non-hydrogen) atoms. The summed E-state index contributed by atoms with van der Waals surface area (Å²) < 4.78 is 12.9. The molecule has 0 radical (unpaired) electrons. The molecule has 1 aromatic carbocycles. The number of aromatic amines is 1. The third-order valence-electron chi connectivity index (χ3n) is 3.53. The average Bonchev–Trinajstić information content (AvgIpc) is 3.29. The first-order valence-corrected chi connectivity index (χ1v) is 8.10. The molecule has 2 aromatic heterocycles. The molecule has 2 heterocycles. The van der Waals surface area contributed by atoms with E-state index < -0.39 is 6.04 Å². The van der Waals surface area contributed by atoms with Crippen molar-refractivity contribution in [1.29, 1.82) is 0 Å². The molecule has 3 N–H and O–H groups in total. The number of aromatic nitrogens is 6. The van der Waals surface area contributed by atoms with Crippen LogP contribution in [0.25, 0.3) is 0 Å². The molecule has 0 spiro atoms. The van der Waals surface area contributed by atoms with Gasteiger partial charge in [0, 0.05) is 0 Å². The molecule has 0 amide bonds. The Morgan fingerprint density at radius 2 is 2.00 bits per heavy atom. The normalized spacial score (nSPS) is 12.1. The van der Waals surface area contributed by atoms with Gasteiger partial charge in [0.15, 0.2) is 17.3 Å². The third-order valence-corrected chi connectivity index (χ3v) is 3.53. The summed E-state index contributed by atoms with van der Waals surface area (Å²) in [5.41, 5.74) is 7.16. The molecule has 0 saturated carbocycles. The van der Waals surface area contributed by atoms with E-state index in [0.717, 1.165) is 5.56 Å². The molecule has 0 aliphatic rings. The van der Waals surface area contributed by atoms with Gasteiger partial charge >= 0.3 is 0 Å². The average molecular weight is 343 g/mol. The number of H-pyrrole nitrogens is 1. The van der Waals surface area contributed by atoms with Crippen molar-refractivity contribution >= 4 is 0 Å². The van der Waals surface area contributed by atoms with E-state index in [1.165, 1.54) is 6.33 Å². The molecular formula is C16H21N7O2. The van der Waals surface area contributed by atoms with Gasteiger partial charge in [-0.1, -0.05) is 6.07 Å². The van der Waals surface area contributed by atoms with Crippen molar-refractivity contribution in [1.82, 2.24) is 29.9 Å². The van der Waals surface area contributed by atoms with Crippen LogP contribution in [0.4, 0.5) is 0 Å². The molecular weight excluding hydrogens is 322 g/mol. The van der Waals surface area contributed by atoms with Crippen LogP contribution in [0.15, 0.2) is 30.9 Å². The lowest BCUT2D eigenvalue weighted by Crippen LogP contribution is -2.14. The minimum atomic E-state index is -0.476. The molecule has 0 unspecified atom stereocenters. The van der Waals surface area contributed by atoms with Crippen LogP contribution in [0.1, 0.15) is 37.1 Å². The highest BCUT2D eigenvalue weighted by Gasteiger charge is 2.17. The van der Waals surface area contributed by atoms with E-state index in [-0.39, 0.29) is 0 Å². The number of rotatable bonds is 8. The molecule has 3 rings (SSSR count). The van der Waals surface area contributed by atoms with E-state index in [4.69, 9.17) is 15.2 Å². The summed E-state index contributed by atoms with van der Waals surface area (Å²) in [5.74, 6) is 2.52. The Hall–Kier alpha value is -2.94. The van der Waals surface area contributed by atoms with Crippen LogP contribution in [0.5, 0.6) is 11.5 Å². The van der Waals surface area contributed by atoms with Crippen molar-refractivity contribution in [3.8, 4) is 11.5 Å². The lowest BCUT2D eigenvalue weighted by atomic mass is 10.1. The van der Waals surface area contributed by atoms with E-state index in [0.29, 0.717) is 42.9 Å². The number of nitrogens with two attached hydrogens (primary N) is 1. The standard InChI is InChI=1S/C16H21N7O2/c1-3-24-12-6-5-11(7-13(12)25-4-2)15(17)16-20-14(21-22-16)8-23-10-18-9-19-23/h5-7,9-10,15H,3-4,8,17H2,1-2H3,(H,20,21,22)/t15-/m1/s1. The zero-order valence-corrected chi connectivity index (χ0v) is 14.2. The third kappa shape index (κ3) is 3.94. The first kappa shape index (κ1) is 16.9. The van der Waals surface area contributed by atoms with Crippen molar-refractivity contribution in [3.05, 3.63) is 48.1 Å². The summed E-state index contributed by atoms with van der Waals surface area (Å²) in [4.78, 5) is 8.34. The number of nitrogens with one attached hydrogen (secondary N) is 1. The Balaban J connectivity index is 1.79. The van der Waals surface area contributed by atoms with Gasteiger partial charge in [-0.2, -0.15) is 10.2 Å². The smallest absolute Gasteiger partial charge is 0.171 e. The fourth-order valence-electron chi connectivity index (χ4n) is 2.40. The molecule has 0 aliphatic heterocycles. The number of nitrogens with zero attached hydrogens (tertiary/aromatic N) is 5. The number of hydrogen-bond donors (Lipinski definition) is 2. The fourth-order valence-corrected chi connectivity index (χ4v) is 2.40. The maximum atomic E-state index is 6.32. The SMILES string of the molecule is CCOc1ccc([C@@H](N)c2n[nH]c(Cn3cncn3)n2)cc1OCC. The Morgan fingerprint density at radius 3 is 2.72 bits per heavy atom. The number of hydrogen-bond acceptors (Lipinski definition) is 7. The Labute approximate surface area is 145 Å². The van der Waals surface area contributed by atoms with Crippen molar-refractivity contribution in [2.24, 2.45) is 5.73 Å². The van der Waals surface area contributed by atoms with Gasteiger partial charge in [-0.3, -0.25) is 5.10 Å². The van der Waals surface area contributed by atoms with Crippen molar-refractivity contribution in [2.45, 2.75) is 26.4 Å². The quantitative estimate of drug-likeness (QED) is 0.633. The van der Waals surface area contributed by atoms with E-state index in [2.05, 4.69) is 25.3 Å². The second-order valence-electron chi connectivity index (χ2n) is 5.28. The summed E-state index contributed by atoms with van der Waals surface area (Å²) in [6, 6.07) is 5.14. The van der Waals surface area contributed by atoms with E-state index >= 15 is 0 Å². The largest absolute Gasteiger partial charge is 0.490 e. The molecule has 9 heteroatoms. The van der Waals surface area contributed by atoms with Gasteiger partial charge in [0.05, 0.1) is 19.3 Å². The molecule has 0 bridgehead atoms. The topological polar surface area (TPSA) is 117 Å². The lowest BCUT2D eigenvalue weighted by Gasteiger charge is -2.14. The van der Waals surface area contributed by atoms with Crippen LogP contribution in [-0.4, -0.2) is 43.2 Å². The number of ether oxygens (including phenoxy) is 2. The van der Waals surface area contributed by atoms with E-state index in [9.17, 15) is 0 Å². The summed E-state index contributed by atoms with van der Waals surface area (Å²) >= 11 is 0. The second-order valence-corrected chi connectivity index (χ2v) is 5.28. The first-order chi connectivity index (χ1) is 12.2. The Morgan fingerprint density at radius 1 is 1.20 bits per heavy atom. The van der Waals surface area contributed by atoms with Gasteiger partial charge in [0.25, 0.3) is 0 Å². The molecule has 0 saturated heterocycles. The summed E-state index contributed by atoms with van der Waals surface area (Å²) in [6.07, 6.45) is 3.08. The molecule has 3 aromatic rings. The summed E-state index contributed by atoms with van der Waals surface area (Å²) in [7, 11) is 0.